The number of halogens is 1. The van der Waals surface area contributed by atoms with Gasteiger partial charge in [-0.05, 0) is 6.42 Å². The van der Waals surface area contributed by atoms with Crippen molar-refractivity contribution < 1.29 is 0 Å². The molecule has 0 radical (unpaired) electrons. The van der Waals surface area contributed by atoms with Gasteiger partial charge in [0.25, 0.3) is 0 Å². The highest BCUT2D eigenvalue weighted by Crippen LogP contribution is 2.38. The minimum atomic E-state index is 0.911. The quantitative estimate of drug-likeness (QED) is 0.372. The number of hydrogen-bond donors (Lipinski definition) is 0. The van der Waals surface area contributed by atoms with E-state index in [0.717, 1.165) is 16.5 Å². The molecule has 0 spiro atoms. The second-order valence-corrected chi connectivity index (χ2v) is 4.95. The summed E-state index contributed by atoms with van der Waals surface area (Å²) in [5, 5.41) is 0. The molecule has 52 valence electrons. The molecule has 0 bridgehead atoms. The van der Waals surface area contributed by atoms with E-state index in [1.165, 1.54) is 19.3 Å². The van der Waals surface area contributed by atoms with E-state index in [-0.39, 0.29) is 0 Å². The molecule has 0 aromatic heterocycles. The van der Waals surface area contributed by atoms with Gasteiger partial charge in [0.2, 0.25) is 0 Å². The van der Waals surface area contributed by atoms with Crippen LogP contribution in [0.1, 0.15) is 19.3 Å². The van der Waals surface area contributed by atoms with Crippen LogP contribution in [0.5, 0.6) is 0 Å². The maximum Gasteiger partial charge on any atom is 0.138 e. The molecule has 1 saturated carbocycles. The van der Waals surface area contributed by atoms with Gasteiger partial charge in [-0.2, -0.15) is 0 Å². The van der Waals surface area contributed by atoms with Crippen LogP contribution < -0.4 is 0 Å². The third-order valence-electron chi connectivity index (χ3n) is 2.34. The van der Waals surface area contributed by atoms with E-state index in [9.17, 15) is 0 Å². The average molecular weight is 236 g/mol. The van der Waals surface area contributed by atoms with Crippen LogP contribution >= 0.6 is 22.6 Å². The predicted molar refractivity (Wildman–Crippen MR) is 52.9 cm³/mol. The second kappa shape index (κ2) is 3.26. The molecule has 0 nitrogen and oxygen atoms in total. The zero-order valence-electron chi connectivity index (χ0n) is 6.23. The van der Waals surface area contributed by atoms with E-state index in [0.29, 0.717) is 0 Å². The van der Waals surface area contributed by atoms with Crippen molar-refractivity contribution in [3.63, 3.8) is 0 Å². The lowest BCUT2D eigenvalue weighted by molar-refractivity contribution is 0.871. The molecule has 0 aromatic rings. The summed E-state index contributed by atoms with van der Waals surface area (Å²) in [4.78, 5) is 0. The maximum atomic E-state index is 2.61. The summed E-state index contributed by atoms with van der Waals surface area (Å²) in [6, 6.07) is 0. The van der Waals surface area contributed by atoms with Gasteiger partial charge < -0.3 is 0 Å². The van der Waals surface area contributed by atoms with E-state index >= 15 is 0 Å². The van der Waals surface area contributed by atoms with Gasteiger partial charge in [0, 0.05) is 3.92 Å². The number of hydrogen-bond acceptors (Lipinski definition) is 0. The highest BCUT2D eigenvalue weighted by atomic mass is 127. The van der Waals surface area contributed by atoms with Crippen LogP contribution in [0.4, 0.5) is 0 Å². The van der Waals surface area contributed by atoms with Crippen LogP contribution in [-0.2, 0) is 0 Å². The third kappa shape index (κ3) is 1.86. The standard InChI is InChI=1S/C7H14BI/c1-8(2)6-4-3-5-7(6)9/h6-7H,3-5H2,1-2H3. The van der Waals surface area contributed by atoms with Gasteiger partial charge in [0.1, 0.15) is 6.71 Å². The van der Waals surface area contributed by atoms with Crippen LogP contribution in [0, 0.1) is 0 Å². The summed E-state index contributed by atoms with van der Waals surface area (Å²) >= 11 is 2.61. The van der Waals surface area contributed by atoms with Gasteiger partial charge in [0.15, 0.2) is 0 Å². The molecule has 1 rings (SSSR count). The molecule has 0 heterocycles. The summed E-state index contributed by atoms with van der Waals surface area (Å²) in [7, 11) is 0. The van der Waals surface area contributed by atoms with Crippen molar-refractivity contribution in [1.29, 1.82) is 0 Å². The number of alkyl halides is 1. The molecule has 0 saturated heterocycles. The molecule has 9 heavy (non-hydrogen) atoms. The van der Waals surface area contributed by atoms with E-state index in [2.05, 4.69) is 36.2 Å². The van der Waals surface area contributed by atoms with Crippen molar-refractivity contribution >= 4 is 29.3 Å². The Labute approximate surface area is 72.0 Å². The van der Waals surface area contributed by atoms with Gasteiger partial charge in [-0.15, -0.1) is 0 Å². The second-order valence-electron chi connectivity index (χ2n) is 3.35. The van der Waals surface area contributed by atoms with Crippen LogP contribution in [0.25, 0.3) is 0 Å². The lowest BCUT2D eigenvalue weighted by Crippen LogP contribution is -2.15. The lowest BCUT2D eigenvalue weighted by atomic mass is 9.44. The Morgan fingerprint density at radius 2 is 2.00 bits per heavy atom. The van der Waals surface area contributed by atoms with Gasteiger partial charge in [0.05, 0.1) is 0 Å². The van der Waals surface area contributed by atoms with E-state index in [4.69, 9.17) is 0 Å². The minimum absolute atomic E-state index is 0.911. The normalized spacial score (nSPS) is 35.0. The summed E-state index contributed by atoms with van der Waals surface area (Å²) in [6.45, 7) is 5.61. The smallest absolute Gasteiger partial charge is 0.0860 e. The largest absolute Gasteiger partial charge is 0.138 e. The molecule has 1 aliphatic carbocycles. The summed E-state index contributed by atoms with van der Waals surface area (Å²) in [5.74, 6) is 1.02. The molecule has 0 aromatic carbocycles. The van der Waals surface area contributed by atoms with E-state index in [1.54, 1.807) is 0 Å². The van der Waals surface area contributed by atoms with Gasteiger partial charge >= 0.3 is 0 Å². The summed E-state index contributed by atoms with van der Waals surface area (Å²) < 4.78 is 0.975. The minimum Gasteiger partial charge on any atom is -0.0860 e. The molecule has 1 aliphatic rings. The fourth-order valence-electron chi connectivity index (χ4n) is 1.69. The van der Waals surface area contributed by atoms with Crippen LogP contribution in [0.2, 0.25) is 19.5 Å². The molecule has 0 N–H and O–H groups in total. The molecule has 2 atom stereocenters. The number of rotatable bonds is 1. The Bertz CT molecular complexity index is 92.9. The van der Waals surface area contributed by atoms with Crippen LogP contribution in [-0.4, -0.2) is 10.6 Å². The Kier molecular flexibility index (Phi) is 2.86. The predicted octanol–water partition coefficient (Wildman–Crippen LogP) is 3.10. The fraction of sp³-hybridized carbons (Fsp3) is 1.00. The Morgan fingerprint density at radius 3 is 2.22 bits per heavy atom. The van der Waals surface area contributed by atoms with E-state index in [1.807, 2.05) is 0 Å². The van der Waals surface area contributed by atoms with Crippen molar-refractivity contribution in [3.8, 4) is 0 Å². The Morgan fingerprint density at radius 1 is 1.33 bits per heavy atom. The van der Waals surface area contributed by atoms with Crippen molar-refractivity contribution in [2.45, 2.75) is 42.7 Å². The van der Waals surface area contributed by atoms with Crippen LogP contribution in [0.3, 0.4) is 0 Å². The first-order chi connectivity index (χ1) is 4.22. The first-order valence-corrected chi connectivity index (χ1v) is 5.10. The van der Waals surface area contributed by atoms with Gasteiger partial charge in [-0.3, -0.25) is 0 Å². The monoisotopic (exact) mass is 236 g/mol. The zero-order chi connectivity index (χ0) is 6.85. The summed E-state index contributed by atoms with van der Waals surface area (Å²) in [6.07, 6.45) is 4.41. The average Bonchev–Trinajstić information content (AvgIpc) is 2.13. The van der Waals surface area contributed by atoms with Crippen LogP contribution in [0.15, 0.2) is 0 Å². The zero-order valence-corrected chi connectivity index (χ0v) is 8.39. The molecular weight excluding hydrogens is 222 g/mol. The topological polar surface area (TPSA) is 0 Å². The Balaban J connectivity index is 2.40. The summed E-state index contributed by atoms with van der Waals surface area (Å²) in [5.41, 5.74) is 0. The molecule has 0 amide bonds. The van der Waals surface area contributed by atoms with E-state index < -0.39 is 0 Å². The Hall–Kier alpha value is 0.795. The highest BCUT2D eigenvalue weighted by Gasteiger charge is 2.28. The van der Waals surface area contributed by atoms with Crippen molar-refractivity contribution in [3.05, 3.63) is 0 Å². The maximum absolute atomic E-state index is 2.61. The SMILES string of the molecule is CB(C)C1CCCC1I. The van der Waals surface area contributed by atoms with Crippen molar-refractivity contribution in [2.24, 2.45) is 0 Å². The van der Waals surface area contributed by atoms with Crippen molar-refractivity contribution in [1.82, 2.24) is 0 Å². The van der Waals surface area contributed by atoms with Gasteiger partial charge in [-0.25, -0.2) is 0 Å². The van der Waals surface area contributed by atoms with Crippen molar-refractivity contribution in [2.75, 3.05) is 0 Å². The third-order valence-corrected chi connectivity index (χ3v) is 3.88. The lowest BCUT2D eigenvalue weighted by Gasteiger charge is -2.14. The molecule has 2 unspecified atom stereocenters. The fourth-order valence-corrected chi connectivity index (χ4v) is 3.32. The first-order valence-electron chi connectivity index (χ1n) is 3.86. The molecule has 2 heteroatoms. The highest BCUT2D eigenvalue weighted by molar-refractivity contribution is 14.1. The van der Waals surface area contributed by atoms with Gasteiger partial charge in [-0.1, -0.05) is 54.9 Å². The molecule has 0 aliphatic heterocycles. The first kappa shape index (κ1) is 7.90. The molecule has 1 fully saturated rings. The molecular formula is C7H14BI.